The van der Waals surface area contributed by atoms with Crippen LogP contribution in [0.5, 0.6) is 0 Å². The normalized spacial score (nSPS) is 15.0. The molecule has 31 heavy (non-hydrogen) atoms. The van der Waals surface area contributed by atoms with E-state index in [1.165, 1.54) is 0 Å². The Morgan fingerprint density at radius 3 is 2.39 bits per heavy atom. The zero-order valence-electron chi connectivity index (χ0n) is 18.2. The number of carbonyl (C=O) groups excluding carboxylic acids is 2. The summed E-state index contributed by atoms with van der Waals surface area (Å²) in [6.45, 7) is 4.35. The van der Waals surface area contributed by atoms with E-state index in [2.05, 4.69) is 5.32 Å². The molecule has 0 spiro atoms. The fourth-order valence-corrected chi connectivity index (χ4v) is 4.58. The van der Waals surface area contributed by atoms with E-state index in [0.29, 0.717) is 28.6 Å². The number of nitrogens with one attached hydrogen (secondary N) is 1. The molecular formula is C25H30Cl2N2O2. The molecule has 0 bridgehead atoms. The van der Waals surface area contributed by atoms with Crippen molar-refractivity contribution in [3.8, 4) is 0 Å². The van der Waals surface area contributed by atoms with Crippen molar-refractivity contribution in [3.63, 3.8) is 0 Å². The van der Waals surface area contributed by atoms with E-state index in [-0.39, 0.29) is 24.3 Å². The number of rotatable bonds is 8. The van der Waals surface area contributed by atoms with Crippen LogP contribution < -0.4 is 5.32 Å². The van der Waals surface area contributed by atoms with Crippen molar-refractivity contribution >= 4 is 35.0 Å². The first-order valence-corrected chi connectivity index (χ1v) is 11.7. The van der Waals surface area contributed by atoms with Crippen molar-refractivity contribution in [1.82, 2.24) is 10.2 Å². The Kier molecular flexibility index (Phi) is 8.39. The lowest BCUT2D eigenvalue weighted by Crippen LogP contribution is -2.51. The highest BCUT2D eigenvalue weighted by atomic mass is 35.5. The van der Waals surface area contributed by atoms with Crippen LogP contribution >= 0.6 is 23.2 Å². The number of aryl methyl sites for hydroxylation is 1. The molecule has 1 N–H and O–H groups in total. The summed E-state index contributed by atoms with van der Waals surface area (Å²) in [7, 11) is 0. The molecule has 1 saturated carbocycles. The SMILES string of the molecule is CC[C@H](C(=O)NC1CCCC1)N(Cc1ccc(C)cc1)C(=O)Cc1ccc(Cl)cc1Cl. The molecule has 0 unspecified atom stereocenters. The molecule has 1 aliphatic rings. The maximum absolute atomic E-state index is 13.4. The number of amides is 2. The largest absolute Gasteiger partial charge is 0.352 e. The minimum atomic E-state index is -0.527. The monoisotopic (exact) mass is 460 g/mol. The van der Waals surface area contributed by atoms with Gasteiger partial charge in [0.1, 0.15) is 6.04 Å². The number of benzene rings is 2. The molecule has 1 atom stereocenters. The summed E-state index contributed by atoms with van der Waals surface area (Å²) >= 11 is 12.3. The van der Waals surface area contributed by atoms with Gasteiger partial charge in [-0.05, 0) is 49.4 Å². The van der Waals surface area contributed by atoms with E-state index in [1.54, 1.807) is 23.1 Å². The number of carbonyl (C=O) groups is 2. The molecule has 4 nitrogen and oxygen atoms in total. The number of hydrogen-bond acceptors (Lipinski definition) is 2. The summed E-state index contributed by atoms with van der Waals surface area (Å²) in [5.41, 5.74) is 2.85. The second-order valence-electron chi connectivity index (χ2n) is 8.33. The van der Waals surface area contributed by atoms with Gasteiger partial charge in [-0.25, -0.2) is 0 Å². The van der Waals surface area contributed by atoms with Crippen molar-refractivity contribution in [3.05, 3.63) is 69.2 Å². The Bertz CT molecular complexity index is 908. The van der Waals surface area contributed by atoms with Gasteiger partial charge in [0, 0.05) is 22.6 Å². The van der Waals surface area contributed by atoms with Gasteiger partial charge in [-0.15, -0.1) is 0 Å². The quantitative estimate of drug-likeness (QED) is 0.548. The maximum atomic E-state index is 13.4. The summed E-state index contributed by atoms with van der Waals surface area (Å²) in [6, 6.07) is 12.9. The number of nitrogens with zero attached hydrogens (tertiary/aromatic N) is 1. The van der Waals surface area contributed by atoms with E-state index in [0.717, 1.165) is 36.8 Å². The topological polar surface area (TPSA) is 49.4 Å². The molecule has 0 saturated heterocycles. The molecule has 2 aromatic carbocycles. The summed E-state index contributed by atoms with van der Waals surface area (Å²) < 4.78 is 0. The maximum Gasteiger partial charge on any atom is 0.243 e. The van der Waals surface area contributed by atoms with Crippen molar-refractivity contribution in [2.24, 2.45) is 0 Å². The van der Waals surface area contributed by atoms with Crippen LogP contribution in [0.1, 0.15) is 55.7 Å². The first-order chi connectivity index (χ1) is 14.9. The highest BCUT2D eigenvalue weighted by Crippen LogP contribution is 2.24. The number of halogens is 2. The lowest BCUT2D eigenvalue weighted by molar-refractivity contribution is -0.141. The second-order valence-corrected chi connectivity index (χ2v) is 9.18. The van der Waals surface area contributed by atoms with Gasteiger partial charge in [-0.3, -0.25) is 9.59 Å². The third-order valence-electron chi connectivity index (χ3n) is 5.92. The molecule has 0 aromatic heterocycles. The van der Waals surface area contributed by atoms with Crippen LogP contribution in [0.3, 0.4) is 0 Å². The Hall–Kier alpha value is -2.04. The minimum absolute atomic E-state index is 0.0722. The third-order valence-corrected chi connectivity index (χ3v) is 6.50. The van der Waals surface area contributed by atoms with Gasteiger partial charge in [-0.2, -0.15) is 0 Å². The van der Waals surface area contributed by atoms with E-state index in [9.17, 15) is 9.59 Å². The summed E-state index contributed by atoms with van der Waals surface area (Å²) in [5.74, 6) is -0.199. The fraction of sp³-hybridized carbons (Fsp3) is 0.440. The van der Waals surface area contributed by atoms with Crippen molar-refractivity contribution in [1.29, 1.82) is 0 Å². The molecule has 6 heteroatoms. The van der Waals surface area contributed by atoms with Crippen LogP contribution in [0.25, 0.3) is 0 Å². The van der Waals surface area contributed by atoms with Gasteiger partial charge in [0.05, 0.1) is 6.42 Å². The Balaban J connectivity index is 1.83. The van der Waals surface area contributed by atoms with Gasteiger partial charge in [0.25, 0.3) is 0 Å². The smallest absolute Gasteiger partial charge is 0.243 e. The standard InChI is InChI=1S/C25H30Cl2N2O2/c1-3-23(25(31)28-21-6-4-5-7-21)29(16-18-10-8-17(2)9-11-18)24(30)14-19-12-13-20(26)15-22(19)27/h8-13,15,21,23H,3-7,14,16H2,1-2H3,(H,28,31)/t23-/m1/s1. The average molecular weight is 461 g/mol. The number of hydrogen-bond donors (Lipinski definition) is 1. The molecule has 0 heterocycles. The van der Waals surface area contributed by atoms with Crippen LogP contribution in [0, 0.1) is 6.92 Å². The highest BCUT2D eigenvalue weighted by Gasteiger charge is 2.30. The fourth-order valence-electron chi connectivity index (χ4n) is 4.11. The van der Waals surface area contributed by atoms with Crippen molar-refractivity contribution in [2.75, 3.05) is 0 Å². The van der Waals surface area contributed by atoms with Crippen LogP contribution in [-0.4, -0.2) is 28.8 Å². The zero-order chi connectivity index (χ0) is 22.4. The van der Waals surface area contributed by atoms with Crippen LogP contribution in [-0.2, 0) is 22.6 Å². The molecule has 0 radical (unpaired) electrons. The van der Waals surface area contributed by atoms with Crippen LogP contribution in [0.15, 0.2) is 42.5 Å². The van der Waals surface area contributed by atoms with E-state index >= 15 is 0 Å². The first kappa shape index (κ1) is 23.6. The summed E-state index contributed by atoms with van der Waals surface area (Å²) in [6.07, 6.45) is 4.97. The predicted octanol–water partition coefficient (Wildman–Crippen LogP) is 5.71. The molecule has 2 amide bonds. The van der Waals surface area contributed by atoms with E-state index in [4.69, 9.17) is 23.2 Å². The molecule has 1 aliphatic carbocycles. The van der Waals surface area contributed by atoms with Gasteiger partial charge >= 0.3 is 0 Å². The summed E-state index contributed by atoms with van der Waals surface area (Å²) in [5, 5.41) is 4.15. The first-order valence-electron chi connectivity index (χ1n) is 11.0. The lowest BCUT2D eigenvalue weighted by Gasteiger charge is -2.31. The Morgan fingerprint density at radius 2 is 1.77 bits per heavy atom. The third kappa shape index (κ3) is 6.47. The zero-order valence-corrected chi connectivity index (χ0v) is 19.7. The second kappa shape index (κ2) is 11.0. The Labute approximate surface area is 194 Å². The lowest BCUT2D eigenvalue weighted by atomic mass is 10.1. The van der Waals surface area contributed by atoms with Crippen molar-refractivity contribution in [2.45, 2.75) is 71.0 Å². The van der Waals surface area contributed by atoms with Gasteiger partial charge in [-0.1, -0.05) is 78.9 Å². The summed E-state index contributed by atoms with van der Waals surface area (Å²) in [4.78, 5) is 28.2. The van der Waals surface area contributed by atoms with Crippen LogP contribution in [0.2, 0.25) is 10.0 Å². The molecule has 166 valence electrons. The predicted molar refractivity (Wildman–Crippen MR) is 126 cm³/mol. The van der Waals surface area contributed by atoms with Crippen molar-refractivity contribution < 1.29 is 9.59 Å². The minimum Gasteiger partial charge on any atom is -0.352 e. The molecule has 1 fully saturated rings. The van der Waals surface area contributed by atoms with E-state index in [1.807, 2.05) is 38.1 Å². The van der Waals surface area contributed by atoms with Gasteiger partial charge in [0.15, 0.2) is 0 Å². The molecule has 3 rings (SSSR count). The molecule has 2 aromatic rings. The Morgan fingerprint density at radius 1 is 1.10 bits per heavy atom. The van der Waals surface area contributed by atoms with Gasteiger partial charge < -0.3 is 10.2 Å². The molecular weight excluding hydrogens is 431 g/mol. The molecule has 0 aliphatic heterocycles. The van der Waals surface area contributed by atoms with E-state index < -0.39 is 6.04 Å². The average Bonchev–Trinajstić information content (AvgIpc) is 3.24. The van der Waals surface area contributed by atoms with Gasteiger partial charge in [0.2, 0.25) is 11.8 Å². The highest BCUT2D eigenvalue weighted by molar-refractivity contribution is 6.35. The van der Waals surface area contributed by atoms with Crippen LogP contribution in [0.4, 0.5) is 0 Å².